The monoisotopic (exact) mass is 232 g/mol. The largest absolute Gasteiger partial charge is 0.463 e. The molecule has 16 heavy (non-hydrogen) atoms. The second-order valence-corrected chi connectivity index (χ2v) is 5.79. The Labute approximate surface area is 97.9 Å². The second-order valence-electron chi connectivity index (χ2n) is 5.79. The highest BCUT2D eigenvalue weighted by Crippen LogP contribution is 2.16. The molecule has 1 N–H and O–H groups in total. The van der Waals surface area contributed by atoms with E-state index in [0.717, 1.165) is 0 Å². The lowest BCUT2D eigenvalue weighted by molar-refractivity contribution is -0.157. The van der Waals surface area contributed by atoms with Crippen LogP contribution in [-0.2, 0) is 14.3 Å². The highest BCUT2D eigenvalue weighted by atomic mass is 16.6. The molecule has 0 aliphatic heterocycles. The first-order valence-electron chi connectivity index (χ1n) is 5.55. The maximum atomic E-state index is 11.4. The molecule has 0 unspecified atom stereocenters. The minimum atomic E-state index is -0.829. The summed E-state index contributed by atoms with van der Waals surface area (Å²) >= 11 is 0. The van der Waals surface area contributed by atoms with E-state index in [-0.39, 0.29) is 18.6 Å². The summed E-state index contributed by atoms with van der Waals surface area (Å²) in [6.45, 7) is 10.6. The van der Waals surface area contributed by atoms with Gasteiger partial charge in [0, 0.05) is 0 Å². The van der Waals surface area contributed by atoms with E-state index in [4.69, 9.17) is 14.6 Å². The number of hydrogen-bond acceptors (Lipinski definition) is 4. The van der Waals surface area contributed by atoms with Gasteiger partial charge in [-0.15, -0.1) is 0 Å². The zero-order valence-corrected chi connectivity index (χ0v) is 11.0. The zero-order valence-electron chi connectivity index (χ0n) is 11.0. The average molecular weight is 232 g/mol. The predicted molar refractivity (Wildman–Crippen MR) is 62.1 cm³/mol. The summed E-state index contributed by atoms with van der Waals surface area (Å²) in [5.41, 5.74) is -0.710. The van der Waals surface area contributed by atoms with Crippen molar-refractivity contribution in [3.05, 3.63) is 0 Å². The third-order valence-electron chi connectivity index (χ3n) is 1.94. The molecule has 0 atom stereocenters. The Balaban J connectivity index is 3.64. The van der Waals surface area contributed by atoms with Gasteiger partial charge in [-0.2, -0.15) is 0 Å². The van der Waals surface area contributed by atoms with Crippen molar-refractivity contribution in [2.24, 2.45) is 10.8 Å². The zero-order chi connectivity index (χ0) is 12.8. The number of ether oxygens (including phenoxy) is 2. The molecule has 96 valence electrons. The minimum absolute atomic E-state index is 0.119. The van der Waals surface area contributed by atoms with Crippen molar-refractivity contribution in [1.29, 1.82) is 0 Å². The first-order valence-corrected chi connectivity index (χ1v) is 5.55. The Morgan fingerprint density at radius 2 is 1.69 bits per heavy atom. The third kappa shape index (κ3) is 6.80. The van der Waals surface area contributed by atoms with Gasteiger partial charge >= 0.3 is 5.97 Å². The molecule has 0 heterocycles. The summed E-state index contributed by atoms with van der Waals surface area (Å²) in [7, 11) is 0. The van der Waals surface area contributed by atoms with Crippen molar-refractivity contribution in [1.82, 2.24) is 0 Å². The summed E-state index contributed by atoms with van der Waals surface area (Å²) < 4.78 is 10.3. The molecule has 0 aliphatic rings. The number of rotatable bonds is 6. The molecule has 4 heteroatoms. The predicted octanol–water partition coefficient (Wildman–Crippen LogP) is 1.61. The second kappa shape index (κ2) is 6.21. The van der Waals surface area contributed by atoms with Gasteiger partial charge in [0.05, 0.1) is 25.2 Å². The maximum Gasteiger partial charge on any atom is 0.313 e. The number of aliphatic hydroxyl groups is 1. The fourth-order valence-electron chi connectivity index (χ4n) is 0.832. The lowest BCUT2D eigenvalue weighted by Crippen LogP contribution is -2.31. The summed E-state index contributed by atoms with van der Waals surface area (Å²) in [5, 5.41) is 8.94. The van der Waals surface area contributed by atoms with Gasteiger partial charge in [-0.3, -0.25) is 4.79 Å². The number of esters is 1. The summed E-state index contributed by atoms with van der Waals surface area (Å²) in [5.74, 6) is -0.394. The van der Waals surface area contributed by atoms with Crippen molar-refractivity contribution in [3.8, 4) is 0 Å². The molecular formula is C12H24O4. The van der Waals surface area contributed by atoms with E-state index in [0.29, 0.717) is 13.2 Å². The van der Waals surface area contributed by atoms with Crippen molar-refractivity contribution < 1.29 is 19.4 Å². The van der Waals surface area contributed by atoms with Gasteiger partial charge in [0.15, 0.2) is 0 Å². The van der Waals surface area contributed by atoms with Gasteiger partial charge in [0.25, 0.3) is 0 Å². The topological polar surface area (TPSA) is 55.8 Å². The molecule has 0 radical (unpaired) electrons. The molecule has 0 fully saturated rings. The van der Waals surface area contributed by atoms with Crippen molar-refractivity contribution in [3.63, 3.8) is 0 Å². The van der Waals surface area contributed by atoms with E-state index in [1.165, 1.54) is 0 Å². The molecule has 0 amide bonds. The van der Waals surface area contributed by atoms with Crippen LogP contribution in [0.3, 0.4) is 0 Å². The van der Waals surface area contributed by atoms with Gasteiger partial charge in [-0.05, 0) is 19.3 Å². The molecule has 4 nitrogen and oxygen atoms in total. The van der Waals surface area contributed by atoms with Crippen LogP contribution in [0.4, 0.5) is 0 Å². The lowest BCUT2D eigenvalue weighted by atomic mass is 9.95. The smallest absolute Gasteiger partial charge is 0.313 e. The van der Waals surface area contributed by atoms with E-state index in [1.54, 1.807) is 13.8 Å². The van der Waals surface area contributed by atoms with Crippen LogP contribution in [-0.4, -0.2) is 37.5 Å². The number of carbonyl (C=O) groups is 1. The first-order chi connectivity index (χ1) is 7.19. The van der Waals surface area contributed by atoms with Gasteiger partial charge in [0.1, 0.15) is 6.61 Å². The van der Waals surface area contributed by atoms with Crippen molar-refractivity contribution >= 4 is 5.97 Å². The molecule has 0 aromatic carbocycles. The third-order valence-corrected chi connectivity index (χ3v) is 1.94. The Bertz CT molecular complexity index is 216. The normalized spacial score (nSPS) is 12.6. The van der Waals surface area contributed by atoms with Gasteiger partial charge in [0.2, 0.25) is 0 Å². The van der Waals surface area contributed by atoms with E-state index < -0.39 is 11.4 Å². The molecule has 0 spiro atoms. The summed E-state index contributed by atoms with van der Waals surface area (Å²) in [6.07, 6.45) is 0. The fraction of sp³-hybridized carbons (Fsp3) is 0.917. The first kappa shape index (κ1) is 15.4. The molecule has 0 aliphatic carbocycles. The molecule has 0 bridgehead atoms. The molecule has 0 aromatic rings. The van der Waals surface area contributed by atoms with Crippen molar-refractivity contribution in [2.45, 2.75) is 34.6 Å². The van der Waals surface area contributed by atoms with Gasteiger partial charge < -0.3 is 14.6 Å². The van der Waals surface area contributed by atoms with Crippen LogP contribution in [0.2, 0.25) is 0 Å². The number of carbonyl (C=O) groups excluding carboxylic acids is 1. The highest BCUT2D eigenvalue weighted by molar-refractivity contribution is 5.75. The number of hydrogen-bond donors (Lipinski definition) is 1. The lowest BCUT2D eigenvalue weighted by Gasteiger charge is -2.20. The molecule has 0 saturated heterocycles. The SMILES string of the molecule is CC(C)(C)COCCOC(=O)C(C)(C)CO. The maximum absolute atomic E-state index is 11.4. The van der Waals surface area contributed by atoms with Crippen LogP contribution >= 0.6 is 0 Å². The van der Waals surface area contributed by atoms with Crippen LogP contribution in [0.25, 0.3) is 0 Å². The van der Waals surface area contributed by atoms with Crippen LogP contribution in [0.15, 0.2) is 0 Å². The Morgan fingerprint density at radius 3 is 2.12 bits per heavy atom. The minimum Gasteiger partial charge on any atom is -0.463 e. The van der Waals surface area contributed by atoms with Gasteiger partial charge in [-0.25, -0.2) is 0 Å². The van der Waals surface area contributed by atoms with E-state index in [1.807, 2.05) is 0 Å². The molecular weight excluding hydrogens is 208 g/mol. The average Bonchev–Trinajstić information content (AvgIpc) is 2.15. The molecule has 0 aromatic heterocycles. The van der Waals surface area contributed by atoms with Crippen LogP contribution < -0.4 is 0 Å². The van der Waals surface area contributed by atoms with Crippen molar-refractivity contribution in [2.75, 3.05) is 26.4 Å². The highest BCUT2D eigenvalue weighted by Gasteiger charge is 2.28. The molecule has 0 saturated carbocycles. The van der Waals surface area contributed by atoms with E-state index in [9.17, 15) is 4.79 Å². The summed E-state index contributed by atoms with van der Waals surface area (Å²) in [4.78, 5) is 11.4. The van der Waals surface area contributed by atoms with E-state index in [2.05, 4.69) is 20.8 Å². The number of aliphatic hydroxyl groups excluding tert-OH is 1. The van der Waals surface area contributed by atoms with Gasteiger partial charge in [-0.1, -0.05) is 20.8 Å². The van der Waals surface area contributed by atoms with Crippen LogP contribution in [0.1, 0.15) is 34.6 Å². The summed E-state index contributed by atoms with van der Waals surface area (Å²) in [6, 6.07) is 0. The standard InChI is InChI=1S/C12H24O4/c1-11(2,3)9-15-6-7-16-10(14)12(4,5)8-13/h13H,6-9H2,1-5H3. The Hall–Kier alpha value is -0.610. The van der Waals surface area contributed by atoms with Crippen LogP contribution in [0, 0.1) is 10.8 Å². The fourth-order valence-corrected chi connectivity index (χ4v) is 0.832. The molecule has 0 rings (SSSR count). The Morgan fingerprint density at radius 1 is 1.12 bits per heavy atom. The van der Waals surface area contributed by atoms with E-state index >= 15 is 0 Å². The van der Waals surface area contributed by atoms with Crippen LogP contribution in [0.5, 0.6) is 0 Å². The Kier molecular flexibility index (Phi) is 5.97. The quantitative estimate of drug-likeness (QED) is 0.558.